The van der Waals surface area contributed by atoms with Crippen LogP contribution >= 0.6 is 0 Å². The second kappa shape index (κ2) is 10.6. The maximum absolute atomic E-state index is 15.2. The van der Waals surface area contributed by atoms with Crippen LogP contribution in [-0.2, 0) is 21.7 Å². The second-order valence-corrected chi connectivity index (χ2v) is 13.8. The van der Waals surface area contributed by atoms with Crippen LogP contribution in [0, 0.1) is 28.9 Å². The van der Waals surface area contributed by atoms with Crippen LogP contribution in [0.5, 0.6) is 0 Å². The molecule has 2 N–H and O–H groups in total. The summed E-state index contributed by atoms with van der Waals surface area (Å²) in [6.07, 6.45) is 7.91. The summed E-state index contributed by atoms with van der Waals surface area (Å²) in [6, 6.07) is 9.10. The number of hydrogen-bond acceptors (Lipinski definition) is 7. The Morgan fingerprint density at radius 2 is 1.85 bits per heavy atom. The van der Waals surface area contributed by atoms with E-state index >= 15 is 8.78 Å². The van der Waals surface area contributed by atoms with E-state index in [0.29, 0.717) is 30.6 Å². The molecule has 0 radical (unpaired) electrons. The number of halogens is 2. The van der Waals surface area contributed by atoms with Gasteiger partial charge >= 0.3 is 0 Å². The maximum Gasteiger partial charge on any atom is 0.152 e. The Bertz CT molecular complexity index is 1740. The van der Waals surface area contributed by atoms with Gasteiger partial charge in [0.1, 0.15) is 17.5 Å². The van der Waals surface area contributed by atoms with Gasteiger partial charge in [-0.05, 0) is 85.5 Å². The molecule has 4 atom stereocenters. The quantitative estimate of drug-likeness (QED) is 0.351. The highest BCUT2D eigenvalue weighted by Gasteiger charge is 2.40. The predicted octanol–water partition coefficient (Wildman–Crippen LogP) is 4.72. The van der Waals surface area contributed by atoms with E-state index in [1.54, 1.807) is 43.0 Å². The molecule has 4 aromatic rings. The van der Waals surface area contributed by atoms with Crippen molar-refractivity contribution in [3.63, 3.8) is 0 Å². The molecule has 41 heavy (non-hydrogen) atoms. The molecule has 0 saturated heterocycles. The number of fused-ring (bicyclic) bond motifs is 1. The zero-order valence-electron chi connectivity index (χ0n) is 23.3. The molecule has 8 nitrogen and oxygen atoms in total. The molecule has 11 heteroatoms. The van der Waals surface area contributed by atoms with Crippen LogP contribution in [-0.4, -0.2) is 45.5 Å². The van der Waals surface area contributed by atoms with Crippen LogP contribution in [0.1, 0.15) is 62.0 Å². The van der Waals surface area contributed by atoms with Gasteiger partial charge in [-0.3, -0.25) is 4.98 Å². The number of aromatic nitrogens is 4. The Morgan fingerprint density at radius 1 is 1.15 bits per heavy atom. The molecule has 0 aliphatic heterocycles. The molecule has 0 spiro atoms. The predicted molar refractivity (Wildman–Crippen MR) is 152 cm³/mol. The first-order valence-electron chi connectivity index (χ1n) is 13.4. The van der Waals surface area contributed by atoms with Gasteiger partial charge in [0.2, 0.25) is 0 Å². The van der Waals surface area contributed by atoms with Crippen molar-refractivity contribution in [3.05, 3.63) is 83.1 Å². The van der Waals surface area contributed by atoms with E-state index in [1.165, 1.54) is 24.5 Å². The monoisotopic (exact) mass is 578 g/mol. The lowest BCUT2D eigenvalue weighted by molar-refractivity contribution is 0.308. The van der Waals surface area contributed by atoms with Crippen molar-refractivity contribution in [1.82, 2.24) is 19.6 Å². The van der Waals surface area contributed by atoms with E-state index in [4.69, 9.17) is 5.73 Å². The summed E-state index contributed by atoms with van der Waals surface area (Å²) >= 11 is 0. The van der Waals surface area contributed by atoms with Crippen molar-refractivity contribution in [3.8, 4) is 17.3 Å². The number of rotatable bonds is 6. The molecular formula is C30H32F2N6O2S. The maximum atomic E-state index is 15.2. The summed E-state index contributed by atoms with van der Waals surface area (Å²) in [5.41, 5.74) is 7.96. The van der Waals surface area contributed by atoms with Crippen molar-refractivity contribution in [2.24, 2.45) is 11.7 Å². The Kier molecular flexibility index (Phi) is 7.42. The Balaban J connectivity index is 1.49. The molecule has 1 aliphatic carbocycles. The van der Waals surface area contributed by atoms with Gasteiger partial charge in [0.05, 0.1) is 39.7 Å². The summed E-state index contributed by atoms with van der Waals surface area (Å²) in [6.45, 7) is 5.13. The number of nitrogens with two attached hydrogens (primary N) is 1. The molecule has 214 valence electrons. The lowest BCUT2D eigenvalue weighted by Crippen LogP contribution is -2.48. The summed E-state index contributed by atoms with van der Waals surface area (Å²) in [5, 5.41) is 13.3. The average molecular weight is 579 g/mol. The van der Waals surface area contributed by atoms with E-state index in [1.807, 2.05) is 13.0 Å². The van der Waals surface area contributed by atoms with Crippen LogP contribution in [0.15, 0.2) is 48.9 Å². The molecule has 0 amide bonds. The fourth-order valence-electron chi connectivity index (χ4n) is 6.14. The molecule has 1 aliphatic rings. The van der Waals surface area contributed by atoms with Gasteiger partial charge in [-0.2, -0.15) is 10.4 Å². The fraction of sp³-hybridized carbons (Fsp3) is 0.400. The minimum absolute atomic E-state index is 0.0464. The summed E-state index contributed by atoms with van der Waals surface area (Å²) in [7, 11) is -3.28. The van der Waals surface area contributed by atoms with Crippen molar-refractivity contribution >= 4 is 15.4 Å². The zero-order valence-corrected chi connectivity index (χ0v) is 24.2. The van der Waals surface area contributed by atoms with Crippen LogP contribution in [0.25, 0.3) is 16.8 Å². The van der Waals surface area contributed by atoms with Gasteiger partial charge in [-0.15, -0.1) is 0 Å². The lowest BCUT2D eigenvalue weighted by Gasteiger charge is -2.38. The standard InChI is InChI=1S/C30H32F2N6O2S/c1-17-9-18(10-25(34)29(17)41(4,39)40)22-7-8-35-14-19(22)11-27-36-15-21-5-6-26(37-38(21)27)28-23(31)12-20(13-24(28)32)30(2,3)16-33/h5-8,12-15,17-18,25,29H,9-11,34H2,1-4H3/t17-,18+,25+,29+/m0/s1. The van der Waals surface area contributed by atoms with E-state index in [9.17, 15) is 13.7 Å². The number of sulfone groups is 1. The third-order valence-electron chi connectivity index (χ3n) is 8.17. The lowest BCUT2D eigenvalue weighted by atomic mass is 9.75. The van der Waals surface area contributed by atoms with Gasteiger partial charge in [0, 0.05) is 31.1 Å². The van der Waals surface area contributed by atoms with Gasteiger partial charge in [0.15, 0.2) is 9.84 Å². The van der Waals surface area contributed by atoms with Crippen LogP contribution in [0.3, 0.4) is 0 Å². The van der Waals surface area contributed by atoms with Crippen molar-refractivity contribution < 1.29 is 17.2 Å². The van der Waals surface area contributed by atoms with Gasteiger partial charge in [-0.25, -0.2) is 26.7 Å². The minimum atomic E-state index is -3.28. The van der Waals surface area contributed by atoms with E-state index in [-0.39, 0.29) is 28.7 Å². The summed E-state index contributed by atoms with van der Waals surface area (Å²) in [4.78, 5) is 8.84. The molecule has 0 bridgehead atoms. The molecule has 1 saturated carbocycles. The normalized spacial score (nSPS) is 21.6. The molecule has 1 fully saturated rings. The largest absolute Gasteiger partial charge is 0.326 e. The zero-order chi connectivity index (χ0) is 29.7. The Morgan fingerprint density at radius 3 is 2.49 bits per heavy atom. The SMILES string of the molecule is C[C@H]1C[C@@H](c2ccncc2Cc2ncc3ccc(-c4c(F)cc(C(C)(C)C#N)cc4F)nn23)C[C@@H](N)[C@@H]1S(C)(=O)=O. The Labute approximate surface area is 238 Å². The van der Waals surface area contributed by atoms with Crippen LogP contribution < -0.4 is 5.73 Å². The highest BCUT2D eigenvalue weighted by Crippen LogP contribution is 2.40. The third kappa shape index (κ3) is 5.46. The second-order valence-electron chi connectivity index (χ2n) is 11.6. The molecule has 5 rings (SSSR count). The van der Waals surface area contributed by atoms with E-state index in [2.05, 4.69) is 21.1 Å². The van der Waals surface area contributed by atoms with E-state index in [0.717, 1.165) is 11.1 Å². The first-order chi connectivity index (χ1) is 19.3. The molecule has 3 aromatic heterocycles. The van der Waals surface area contributed by atoms with Crippen molar-refractivity contribution in [2.45, 2.75) is 62.7 Å². The van der Waals surface area contributed by atoms with Crippen molar-refractivity contribution in [1.29, 1.82) is 5.26 Å². The first-order valence-corrected chi connectivity index (χ1v) is 15.4. The highest BCUT2D eigenvalue weighted by atomic mass is 32.2. The first kappa shape index (κ1) is 28.8. The third-order valence-corrected chi connectivity index (χ3v) is 9.98. The van der Waals surface area contributed by atoms with E-state index < -0.39 is 38.2 Å². The number of nitriles is 1. The molecule has 0 unspecified atom stereocenters. The van der Waals surface area contributed by atoms with Gasteiger partial charge in [-0.1, -0.05) is 6.92 Å². The van der Waals surface area contributed by atoms with Crippen LogP contribution in [0.2, 0.25) is 0 Å². The molecule has 1 aromatic carbocycles. The number of benzene rings is 1. The van der Waals surface area contributed by atoms with Crippen LogP contribution in [0.4, 0.5) is 8.78 Å². The number of hydrogen-bond donors (Lipinski definition) is 1. The number of pyridine rings is 1. The summed E-state index contributed by atoms with van der Waals surface area (Å²) in [5.74, 6) is -1.11. The van der Waals surface area contributed by atoms with Gasteiger partial charge < -0.3 is 5.73 Å². The fourth-order valence-corrected chi connectivity index (χ4v) is 7.84. The van der Waals surface area contributed by atoms with Crippen molar-refractivity contribution in [2.75, 3.05) is 6.26 Å². The molecular weight excluding hydrogens is 546 g/mol. The highest BCUT2D eigenvalue weighted by molar-refractivity contribution is 7.91. The average Bonchev–Trinajstić information content (AvgIpc) is 3.29. The number of imidazole rings is 1. The number of nitrogens with zero attached hydrogens (tertiary/aromatic N) is 5. The Hall–Kier alpha value is -3.75. The topological polar surface area (TPSA) is 127 Å². The molecule has 3 heterocycles. The smallest absolute Gasteiger partial charge is 0.152 e. The summed E-state index contributed by atoms with van der Waals surface area (Å²) < 4.78 is 56.6. The van der Waals surface area contributed by atoms with Gasteiger partial charge in [0.25, 0.3) is 0 Å². The minimum Gasteiger partial charge on any atom is -0.326 e.